The first-order chi connectivity index (χ1) is 7.10. The molecule has 1 nitrogen and oxygen atoms in total. The van der Waals surface area contributed by atoms with Gasteiger partial charge in [0.2, 0.25) is 0 Å². The van der Waals surface area contributed by atoms with Crippen molar-refractivity contribution in [3.05, 3.63) is 0 Å². The van der Waals surface area contributed by atoms with E-state index in [1.165, 1.54) is 11.8 Å². The molecule has 2 atom stereocenters. The zero-order valence-electron chi connectivity index (χ0n) is 8.85. The normalized spacial score (nSPS) is 14.9. The van der Waals surface area contributed by atoms with Crippen molar-refractivity contribution in [3.8, 4) is 0 Å². The largest absolute Gasteiger partial charge is 0.287 e. The highest BCUT2D eigenvalue weighted by Gasteiger charge is 2.14. The molecule has 0 fully saturated rings. The second-order valence-corrected chi connectivity index (χ2v) is 4.45. The highest BCUT2D eigenvalue weighted by Crippen LogP contribution is 2.15. The molecule has 0 aromatic heterocycles. The zero-order chi connectivity index (χ0) is 11.7. The van der Waals surface area contributed by atoms with Gasteiger partial charge >= 0.3 is 0 Å². The molecule has 0 radical (unpaired) electrons. The number of rotatable bonds is 8. The molecule has 0 bridgehead atoms. The summed E-state index contributed by atoms with van der Waals surface area (Å²) < 4.78 is 37.0. The number of hydrogen-bond donors (Lipinski definition) is 0. The standard InChI is InChI=1S/C10H17F3OS/c1-2-10(14)15-5-3-4-8(12)6-9(13)7-11/h8-9H,2-7H2,1H3. The monoisotopic (exact) mass is 242 g/mol. The lowest BCUT2D eigenvalue weighted by Crippen LogP contribution is -2.12. The Kier molecular flexibility index (Phi) is 8.95. The van der Waals surface area contributed by atoms with E-state index in [1.54, 1.807) is 6.92 Å². The lowest BCUT2D eigenvalue weighted by molar-refractivity contribution is -0.110. The quantitative estimate of drug-likeness (QED) is 0.606. The molecule has 0 N–H and O–H groups in total. The Labute approximate surface area is 92.8 Å². The van der Waals surface area contributed by atoms with E-state index in [4.69, 9.17) is 0 Å². The Hall–Kier alpha value is -0.190. The molecule has 5 heteroatoms. The number of thioether (sulfide) groups is 1. The third kappa shape index (κ3) is 8.78. The number of carbonyl (C=O) groups is 1. The minimum atomic E-state index is -1.69. The summed E-state index contributed by atoms with van der Waals surface area (Å²) in [6, 6.07) is 0. The summed E-state index contributed by atoms with van der Waals surface area (Å²) >= 11 is 1.17. The van der Waals surface area contributed by atoms with Gasteiger partial charge in [-0.15, -0.1) is 0 Å². The van der Waals surface area contributed by atoms with Crippen LogP contribution in [0, 0.1) is 0 Å². The van der Waals surface area contributed by atoms with Crippen molar-refractivity contribution in [1.29, 1.82) is 0 Å². The van der Waals surface area contributed by atoms with Gasteiger partial charge in [0.05, 0.1) is 0 Å². The van der Waals surface area contributed by atoms with Gasteiger partial charge in [-0.3, -0.25) is 4.79 Å². The second-order valence-electron chi connectivity index (χ2n) is 3.30. The van der Waals surface area contributed by atoms with Gasteiger partial charge in [0.1, 0.15) is 19.0 Å². The van der Waals surface area contributed by atoms with Crippen LogP contribution >= 0.6 is 11.8 Å². The van der Waals surface area contributed by atoms with Crippen LogP contribution in [0.4, 0.5) is 13.2 Å². The SMILES string of the molecule is CCC(=O)SCCCC(F)CC(F)CF. The van der Waals surface area contributed by atoms with Crippen molar-refractivity contribution in [3.63, 3.8) is 0 Å². The minimum absolute atomic E-state index is 0.0811. The molecule has 0 aromatic rings. The van der Waals surface area contributed by atoms with E-state index in [-0.39, 0.29) is 18.0 Å². The van der Waals surface area contributed by atoms with Crippen molar-refractivity contribution >= 4 is 16.9 Å². The molecule has 0 aliphatic rings. The van der Waals surface area contributed by atoms with Crippen LogP contribution in [0.15, 0.2) is 0 Å². The first-order valence-corrected chi connectivity index (χ1v) is 6.08. The molecule has 0 saturated carbocycles. The lowest BCUT2D eigenvalue weighted by atomic mass is 10.1. The van der Waals surface area contributed by atoms with Gasteiger partial charge in [-0.1, -0.05) is 18.7 Å². The van der Waals surface area contributed by atoms with E-state index in [1.807, 2.05) is 0 Å². The smallest absolute Gasteiger partial charge is 0.188 e. The second kappa shape index (κ2) is 9.07. The number of alkyl halides is 3. The molecule has 2 unspecified atom stereocenters. The van der Waals surface area contributed by atoms with Crippen LogP contribution in [0.1, 0.15) is 32.6 Å². The molecule has 0 spiro atoms. The van der Waals surface area contributed by atoms with Gasteiger partial charge < -0.3 is 0 Å². The van der Waals surface area contributed by atoms with E-state index in [2.05, 4.69) is 0 Å². The van der Waals surface area contributed by atoms with Crippen LogP contribution in [0.25, 0.3) is 0 Å². The maximum atomic E-state index is 12.9. The molecular formula is C10H17F3OS. The van der Waals surface area contributed by atoms with Gasteiger partial charge in [0, 0.05) is 18.6 Å². The molecule has 0 heterocycles. The highest BCUT2D eigenvalue weighted by atomic mass is 32.2. The maximum absolute atomic E-state index is 12.9. The van der Waals surface area contributed by atoms with Gasteiger partial charge in [0.25, 0.3) is 0 Å². The number of hydrogen-bond acceptors (Lipinski definition) is 2. The van der Waals surface area contributed by atoms with Crippen LogP contribution in [-0.2, 0) is 4.79 Å². The summed E-state index contributed by atoms with van der Waals surface area (Å²) in [5.74, 6) is 0.555. The third-order valence-electron chi connectivity index (χ3n) is 1.89. The Bertz CT molecular complexity index is 178. The van der Waals surface area contributed by atoms with E-state index in [0.717, 1.165) is 0 Å². The van der Waals surface area contributed by atoms with Crippen molar-refractivity contribution < 1.29 is 18.0 Å². The van der Waals surface area contributed by atoms with Gasteiger partial charge in [0.15, 0.2) is 5.12 Å². The molecule has 0 rings (SSSR count). The third-order valence-corrected chi connectivity index (χ3v) is 3.00. The summed E-state index contributed by atoms with van der Waals surface area (Å²) in [4.78, 5) is 10.8. The molecule has 0 aliphatic heterocycles. The Morgan fingerprint density at radius 1 is 1.33 bits per heavy atom. The molecular weight excluding hydrogens is 225 g/mol. The fourth-order valence-corrected chi connectivity index (χ4v) is 1.79. The fourth-order valence-electron chi connectivity index (χ4n) is 1.05. The molecule has 0 aromatic carbocycles. The van der Waals surface area contributed by atoms with Crippen molar-refractivity contribution in [1.82, 2.24) is 0 Å². The summed E-state index contributed by atoms with van der Waals surface area (Å²) in [5, 5.41) is 0.0811. The van der Waals surface area contributed by atoms with Crippen LogP contribution in [0.2, 0.25) is 0 Å². The van der Waals surface area contributed by atoms with E-state index < -0.39 is 19.0 Å². The summed E-state index contributed by atoms with van der Waals surface area (Å²) in [7, 11) is 0. The Morgan fingerprint density at radius 3 is 2.53 bits per heavy atom. The molecule has 15 heavy (non-hydrogen) atoms. The van der Waals surface area contributed by atoms with Gasteiger partial charge in [-0.2, -0.15) is 0 Å². The maximum Gasteiger partial charge on any atom is 0.188 e. The predicted molar refractivity (Wildman–Crippen MR) is 57.4 cm³/mol. The number of carbonyl (C=O) groups excluding carboxylic acids is 1. The molecule has 0 amide bonds. The topological polar surface area (TPSA) is 17.1 Å². The van der Waals surface area contributed by atoms with Crippen LogP contribution in [0.3, 0.4) is 0 Å². The van der Waals surface area contributed by atoms with Crippen molar-refractivity contribution in [2.45, 2.75) is 45.0 Å². The van der Waals surface area contributed by atoms with Crippen LogP contribution in [-0.4, -0.2) is 29.9 Å². The predicted octanol–water partition coefficient (Wildman–Crippen LogP) is 3.47. The average molecular weight is 242 g/mol. The Balaban J connectivity index is 3.38. The first-order valence-electron chi connectivity index (χ1n) is 5.09. The Morgan fingerprint density at radius 2 is 2.00 bits per heavy atom. The van der Waals surface area contributed by atoms with Crippen LogP contribution < -0.4 is 0 Å². The average Bonchev–Trinajstić information content (AvgIpc) is 2.23. The lowest BCUT2D eigenvalue weighted by Gasteiger charge is -2.08. The van der Waals surface area contributed by atoms with Crippen molar-refractivity contribution in [2.24, 2.45) is 0 Å². The fraction of sp³-hybridized carbons (Fsp3) is 0.900. The highest BCUT2D eigenvalue weighted by molar-refractivity contribution is 8.13. The molecule has 90 valence electrons. The molecule has 0 saturated heterocycles. The van der Waals surface area contributed by atoms with Crippen molar-refractivity contribution in [2.75, 3.05) is 12.4 Å². The van der Waals surface area contributed by atoms with E-state index >= 15 is 0 Å². The van der Waals surface area contributed by atoms with Gasteiger partial charge in [-0.05, 0) is 12.8 Å². The zero-order valence-corrected chi connectivity index (χ0v) is 9.66. The summed E-state index contributed by atoms with van der Waals surface area (Å²) in [6.45, 7) is 0.645. The summed E-state index contributed by atoms with van der Waals surface area (Å²) in [5.41, 5.74) is 0. The minimum Gasteiger partial charge on any atom is -0.287 e. The summed E-state index contributed by atoms with van der Waals surface area (Å²) in [6.07, 6.45) is -2.17. The van der Waals surface area contributed by atoms with E-state index in [0.29, 0.717) is 18.6 Å². The van der Waals surface area contributed by atoms with E-state index in [9.17, 15) is 18.0 Å². The van der Waals surface area contributed by atoms with Gasteiger partial charge in [-0.25, -0.2) is 13.2 Å². The number of halogens is 3. The molecule has 0 aliphatic carbocycles. The first kappa shape index (κ1) is 14.8. The van der Waals surface area contributed by atoms with Crippen LogP contribution in [0.5, 0.6) is 0 Å².